The number of carbonyl (C=O) groups is 2. The maximum absolute atomic E-state index is 14.0. The molecule has 0 spiro atoms. The quantitative estimate of drug-likeness (QED) is 0.536. The number of alkyl halides is 3. The smallest absolute Gasteiger partial charge is 0.369 e. The van der Waals surface area contributed by atoms with Crippen molar-refractivity contribution in [3.05, 3.63) is 29.8 Å². The third-order valence-corrected chi connectivity index (χ3v) is 10.9. The molecule has 0 aliphatic heterocycles. The molecule has 4 bridgehead atoms. The van der Waals surface area contributed by atoms with Gasteiger partial charge in [0.2, 0.25) is 15.9 Å². The van der Waals surface area contributed by atoms with Gasteiger partial charge in [0, 0.05) is 6.42 Å². The second-order valence-corrected chi connectivity index (χ2v) is 13.6. The fourth-order valence-corrected chi connectivity index (χ4v) is 9.97. The van der Waals surface area contributed by atoms with Crippen LogP contribution in [-0.4, -0.2) is 25.6 Å². The Morgan fingerprint density at radius 3 is 2.19 bits per heavy atom. The number of primary amides is 1. The normalized spacial score (nSPS) is 33.4. The summed E-state index contributed by atoms with van der Waals surface area (Å²) in [5, 5.41) is 0. The number of hydrogen-bond donors (Lipinski definition) is 2. The van der Waals surface area contributed by atoms with Crippen molar-refractivity contribution in [1.29, 1.82) is 0 Å². The average molecular weight is 527 g/mol. The Labute approximate surface area is 209 Å². The summed E-state index contributed by atoms with van der Waals surface area (Å²) < 4.78 is 70.0. The van der Waals surface area contributed by atoms with Gasteiger partial charge in [0.15, 0.2) is 5.78 Å². The third kappa shape index (κ3) is 4.38. The van der Waals surface area contributed by atoms with E-state index in [1.165, 1.54) is 6.07 Å². The average Bonchev–Trinajstić information content (AvgIpc) is 2.77. The number of nitrogens with two attached hydrogens (primary N) is 1. The zero-order valence-corrected chi connectivity index (χ0v) is 21.0. The van der Waals surface area contributed by atoms with Crippen molar-refractivity contribution < 1.29 is 31.2 Å². The van der Waals surface area contributed by atoms with Gasteiger partial charge in [0.1, 0.15) is 0 Å². The predicted octanol–water partition coefficient (Wildman–Crippen LogP) is 4.72. The van der Waals surface area contributed by atoms with Crippen LogP contribution < -0.4 is 10.5 Å². The number of amides is 1. The maximum Gasteiger partial charge on any atom is 0.417 e. The van der Waals surface area contributed by atoms with Crippen LogP contribution in [0.1, 0.15) is 82.6 Å². The molecular weight excluding hydrogens is 493 g/mol. The van der Waals surface area contributed by atoms with Crippen molar-refractivity contribution in [3.63, 3.8) is 0 Å². The molecule has 1 amide bonds. The Kier molecular flexibility index (Phi) is 6.10. The first-order chi connectivity index (χ1) is 16.8. The highest BCUT2D eigenvalue weighted by Crippen LogP contribution is 2.66. The molecule has 0 heterocycles. The Balaban J connectivity index is 1.46. The lowest BCUT2D eigenvalue weighted by Gasteiger charge is -2.61. The molecule has 0 saturated heterocycles. The molecule has 0 radical (unpaired) electrons. The number of Topliss-reactive ketones (excluding diaryl/α,β-unsaturated/α-hetero) is 1. The van der Waals surface area contributed by atoms with Crippen molar-refractivity contribution >= 4 is 21.7 Å². The number of rotatable bonds is 7. The highest BCUT2D eigenvalue weighted by Gasteiger charge is 2.61. The Morgan fingerprint density at radius 2 is 1.61 bits per heavy atom. The van der Waals surface area contributed by atoms with E-state index >= 15 is 0 Å². The number of ketones is 1. The predicted molar refractivity (Wildman–Crippen MR) is 126 cm³/mol. The van der Waals surface area contributed by atoms with E-state index in [9.17, 15) is 31.2 Å². The number of halogens is 3. The summed E-state index contributed by atoms with van der Waals surface area (Å²) in [5.41, 5.74) is 2.14. The molecular formula is C26H33F3N2O4S. The number of benzene rings is 1. The van der Waals surface area contributed by atoms with Crippen LogP contribution >= 0.6 is 0 Å². The molecule has 5 aliphatic carbocycles. The molecule has 36 heavy (non-hydrogen) atoms. The van der Waals surface area contributed by atoms with Gasteiger partial charge >= 0.3 is 6.18 Å². The van der Waals surface area contributed by atoms with Crippen LogP contribution in [0, 0.1) is 22.7 Å². The summed E-state index contributed by atoms with van der Waals surface area (Å²) in [7, 11) is -4.63. The van der Waals surface area contributed by atoms with Crippen LogP contribution in [-0.2, 0) is 25.8 Å². The van der Waals surface area contributed by atoms with Crippen molar-refractivity contribution in [2.75, 3.05) is 0 Å². The summed E-state index contributed by atoms with van der Waals surface area (Å²) >= 11 is 0. The fourth-order valence-electron chi connectivity index (χ4n) is 8.30. The number of hydrogen-bond acceptors (Lipinski definition) is 4. The van der Waals surface area contributed by atoms with Gasteiger partial charge in [-0.1, -0.05) is 31.4 Å². The second kappa shape index (κ2) is 8.55. The van der Waals surface area contributed by atoms with Gasteiger partial charge in [-0.2, -0.15) is 17.9 Å². The topological polar surface area (TPSA) is 106 Å². The van der Waals surface area contributed by atoms with Gasteiger partial charge < -0.3 is 5.73 Å². The summed E-state index contributed by atoms with van der Waals surface area (Å²) in [6, 6.07) is 4.06. The van der Waals surface area contributed by atoms with Gasteiger partial charge in [-0.05, 0) is 80.8 Å². The van der Waals surface area contributed by atoms with Crippen LogP contribution in [0.25, 0.3) is 0 Å². The van der Waals surface area contributed by atoms with E-state index in [1.54, 1.807) is 0 Å². The van der Waals surface area contributed by atoms with E-state index in [0.29, 0.717) is 31.1 Å². The molecule has 2 atom stereocenters. The highest BCUT2D eigenvalue weighted by molar-refractivity contribution is 7.89. The minimum Gasteiger partial charge on any atom is -0.369 e. The molecule has 0 aromatic heterocycles. The van der Waals surface area contributed by atoms with Crippen molar-refractivity contribution in [2.45, 2.75) is 93.7 Å². The lowest BCUT2D eigenvalue weighted by molar-refractivity contribution is -0.159. The Hall–Kier alpha value is -1.94. The maximum atomic E-state index is 14.0. The fraction of sp³-hybridized carbons (Fsp3) is 0.692. The van der Waals surface area contributed by atoms with E-state index in [-0.39, 0.29) is 31.0 Å². The number of carbonyl (C=O) groups excluding carboxylic acids is 2. The van der Waals surface area contributed by atoms with E-state index in [2.05, 4.69) is 4.72 Å². The molecule has 6 nitrogen and oxygen atoms in total. The van der Waals surface area contributed by atoms with Gasteiger partial charge in [0.05, 0.1) is 21.4 Å². The summed E-state index contributed by atoms with van der Waals surface area (Å²) in [6.07, 6.45) is 2.51. The second-order valence-electron chi connectivity index (χ2n) is 11.9. The SMILES string of the molecule is NC(=O)C12CC3CC(CC(CC(=O)C4(NS(=O)(=O)c5ccccc5C(F)(F)F)CCCCC4)(C3)C1)C2. The van der Waals surface area contributed by atoms with E-state index in [4.69, 9.17) is 5.73 Å². The summed E-state index contributed by atoms with van der Waals surface area (Å²) in [6.45, 7) is 0. The zero-order chi connectivity index (χ0) is 26.0. The Morgan fingerprint density at radius 1 is 1.00 bits per heavy atom. The summed E-state index contributed by atoms with van der Waals surface area (Å²) in [5.74, 6) is 0.0653. The van der Waals surface area contributed by atoms with E-state index in [0.717, 1.165) is 56.7 Å². The van der Waals surface area contributed by atoms with Gasteiger partial charge in [-0.25, -0.2) is 8.42 Å². The summed E-state index contributed by atoms with van der Waals surface area (Å²) in [4.78, 5) is 25.6. The minimum atomic E-state index is -4.85. The first kappa shape index (κ1) is 25.7. The first-order valence-electron chi connectivity index (χ1n) is 12.8. The van der Waals surface area contributed by atoms with Crippen LogP contribution in [0.3, 0.4) is 0 Å². The standard InChI is InChI=1S/C26H33F3N2O4S/c27-26(28,29)19-6-2-3-7-20(19)36(34,35)31-25(8-4-1-5-9-25)21(32)15-23-11-17-10-18(12-23)14-24(13-17,16-23)22(30)33/h2-3,6-7,17-18,31H,1,4-5,8-16H2,(H2,30,33). The molecule has 1 aromatic carbocycles. The first-order valence-corrected chi connectivity index (χ1v) is 14.3. The largest absolute Gasteiger partial charge is 0.417 e. The molecule has 198 valence electrons. The molecule has 5 fully saturated rings. The van der Waals surface area contributed by atoms with E-state index in [1.807, 2.05) is 0 Å². The third-order valence-electron chi connectivity index (χ3n) is 9.29. The Bertz CT molecular complexity index is 1160. The number of nitrogens with one attached hydrogen (secondary N) is 1. The molecule has 10 heteroatoms. The molecule has 5 aliphatic rings. The van der Waals surface area contributed by atoms with Crippen LogP contribution in [0.5, 0.6) is 0 Å². The molecule has 5 saturated carbocycles. The van der Waals surface area contributed by atoms with Crippen LogP contribution in [0.4, 0.5) is 13.2 Å². The van der Waals surface area contributed by atoms with Crippen LogP contribution in [0.2, 0.25) is 0 Å². The number of sulfonamides is 1. The van der Waals surface area contributed by atoms with Crippen molar-refractivity contribution in [1.82, 2.24) is 4.72 Å². The monoisotopic (exact) mass is 526 g/mol. The van der Waals surface area contributed by atoms with Crippen molar-refractivity contribution in [2.24, 2.45) is 28.4 Å². The molecule has 6 rings (SSSR count). The van der Waals surface area contributed by atoms with E-state index < -0.39 is 43.0 Å². The zero-order valence-electron chi connectivity index (χ0n) is 20.2. The molecule has 1 aromatic rings. The van der Waals surface area contributed by atoms with Gasteiger partial charge in [-0.15, -0.1) is 0 Å². The minimum absolute atomic E-state index is 0.123. The molecule has 3 N–H and O–H groups in total. The van der Waals surface area contributed by atoms with Crippen molar-refractivity contribution in [3.8, 4) is 0 Å². The molecule has 2 unspecified atom stereocenters. The highest BCUT2D eigenvalue weighted by atomic mass is 32.2. The lowest BCUT2D eigenvalue weighted by atomic mass is 9.43. The van der Waals surface area contributed by atoms with Gasteiger partial charge in [-0.3, -0.25) is 9.59 Å². The van der Waals surface area contributed by atoms with Gasteiger partial charge in [0.25, 0.3) is 0 Å². The van der Waals surface area contributed by atoms with Crippen LogP contribution in [0.15, 0.2) is 29.2 Å². The lowest BCUT2D eigenvalue weighted by Crippen LogP contribution is -2.60.